The Hall–Kier alpha value is -1.26. The lowest BCUT2D eigenvalue weighted by Gasteiger charge is -2.29. The number of nitrogens with one attached hydrogen (secondary N) is 1. The van der Waals surface area contributed by atoms with Crippen molar-refractivity contribution < 1.29 is 9.47 Å². The largest absolute Gasteiger partial charge is 0.494 e. The number of nitrogens with zero attached hydrogens (tertiary/aromatic N) is 1. The van der Waals surface area contributed by atoms with Crippen molar-refractivity contribution in [3.8, 4) is 5.75 Å². The van der Waals surface area contributed by atoms with Gasteiger partial charge in [-0.15, -0.1) is 0 Å². The second-order valence-corrected chi connectivity index (χ2v) is 4.99. The molecule has 1 aromatic carbocycles. The molecule has 0 aromatic heterocycles. The number of hydrogen-bond acceptors (Lipinski definition) is 4. The molecule has 1 fully saturated rings. The summed E-state index contributed by atoms with van der Waals surface area (Å²) in [7, 11) is 2.12. The van der Waals surface area contributed by atoms with Gasteiger partial charge >= 0.3 is 0 Å². The molecule has 0 spiro atoms. The zero-order valence-corrected chi connectivity index (χ0v) is 12.1. The van der Waals surface area contributed by atoms with Crippen LogP contribution in [-0.4, -0.2) is 46.0 Å². The fraction of sp³-hybridized carbons (Fsp3) is 0.600. The van der Waals surface area contributed by atoms with Crippen molar-refractivity contribution in [1.29, 1.82) is 0 Å². The Morgan fingerprint density at radius 1 is 1.47 bits per heavy atom. The average Bonchev–Trinajstić information content (AvgIpc) is 2.42. The zero-order chi connectivity index (χ0) is 13.7. The average molecular weight is 264 g/mol. The molecule has 4 heteroatoms. The first-order valence-electron chi connectivity index (χ1n) is 6.96. The second kappa shape index (κ2) is 6.78. The third-order valence-corrected chi connectivity index (χ3v) is 3.39. The zero-order valence-electron chi connectivity index (χ0n) is 12.1. The number of benzene rings is 1. The highest BCUT2D eigenvalue weighted by molar-refractivity contribution is 5.52. The van der Waals surface area contributed by atoms with E-state index in [0.717, 1.165) is 32.1 Å². The predicted octanol–water partition coefficient (Wildman–Crippen LogP) is 1.82. The molecular formula is C15H24N2O2. The fourth-order valence-electron chi connectivity index (χ4n) is 2.36. The molecule has 1 aliphatic rings. The van der Waals surface area contributed by atoms with Gasteiger partial charge in [-0.05, 0) is 37.6 Å². The van der Waals surface area contributed by atoms with E-state index in [4.69, 9.17) is 9.47 Å². The topological polar surface area (TPSA) is 33.7 Å². The summed E-state index contributed by atoms with van der Waals surface area (Å²) in [6.07, 6.45) is 0. The Morgan fingerprint density at radius 2 is 2.32 bits per heavy atom. The van der Waals surface area contributed by atoms with Gasteiger partial charge in [0.15, 0.2) is 0 Å². The summed E-state index contributed by atoms with van der Waals surface area (Å²) in [6, 6.07) is 6.75. The first-order valence-corrected chi connectivity index (χ1v) is 6.96. The maximum absolute atomic E-state index is 5.57. The third-order valence-electron chi connectivity index (χ3n) is 3.39. The van der Waals surface area contributed by atoms with E-state index in [0.29, 0.717) is 12.6 Å². The van der Waals surface area contributed by atoms with E-state index in [2.05, 4.69) is 42.4 Å². The Morgan fingerprint density at radius 3 is 2.95 bits per heavy atom. The van der Waals surface area contributed by atoms with E-state index in [1.54, 1.807) is 0 Å². The van der Waals surface area contributed by atoms with Crippen LogP contribution >= 0.6 is 0 Å². The maximum Gasteiger partial charge on any atom is 0.122 e. The van der Waals surface area contributed by atoms with Crippen LogP contribution in [0.4, 0.5) is 5.69 Å². The molecule has 0 amide bonds. The summed E-state index contributed by atoms with van der Waals surface area (Å²) >= 11 is 0. The summed E-state index contributed by atoms with van der Waals surface area (Å²) in [5.74, 6) is 0.971. The van der Waals surface area contributed by atoms with Crippen molar-refractivity contribution in [3.05, 3.63) is 23.8 Å². The van der Waals surface area contributed by atoms with Crippen molar-refractivity contribution in [2.45, 2.75) is 19.9 Å². The summed E-state index contributed by atoms with van der Waals surface area (Å²) < 4.78 is 11.1. The molecule has 0 aliphatic carbocycles. The van der Waals surface area contributed by atoms with Gasteiger partial charge < -0.3 is 19.7 Å². The molecule has 1 saturated heterocycles. The quantitative estimate of drug-likeness (QED) is 0.879. The van der Waals surface area contributed by atoms with Crippen molar-refractivity contribution in [2.24, 2.45) is 0 Å². The number of hydrogen-bond donors (Lipinski definition) is 1. The lowest BCUT2D eigenvalue weighted by Crippen LogP contribution is -2.47. The Balaban J connectivity index is 1.98. The normalized spacial score (nSPS) is 19.2. The van der Waals surface area contributed by atoms with Gasteiger partial charge in [-0.2, -0.15) is 0 Å². The number of anilines is 1. The molecule has 0 radical (unpaired) electrons. The predicted molar refractivity (Wildman–Crippen MR) is 78.2 cm³/mol. The summed E-state index contributed by atoms with van der Waals surface area (Å²) in [5, 5.41) is 3.47. The van der Waals surface area contributed by atoms with Crippen molar-refractivity contribution >= 4 is 5.69 Å². The molecule has 1 aliphatic heterocycles. The second-order valence-electron chi connectivity index (χ2n) is 4.99. The lowest BCUT2D eigenvalue weighted by molar-refractivity contribution is 0.0791. The molecule has 1 heterocycles. The van der Waals surface area contributed by atoms with E-state index in [-0.39, 0.29) is 0 Å². The minimum Gasteiger partial charge on any atom is -0.494 e. The summed E-state index contributed by atoms with van der Waals surface area (Å²) in [6.45, 7) is 8.31. The van der Waals surface area contributed by atoms with E-state index in [1.807, 2.05) is 6.92 Å². The summed E-state index contributed by atoms with van der Waals surface area (Å²) in [5.41, 5.74) is 2.40. The van der Waals surface area contributed by atoms with Gasteiger partial charge in [0.1, 0.15) is 5.75 Å². The lowest BCUT2D eigenvalue weighted by atomic mass is 10.1. The van der Waals surface area contributed by atoms with Crippen molar-refractivity contribution in [3.63, 3.8) is 0 Å². The van der Waals surface area contributed by atoms with Crippen molar-refractivity contribution in [2.75, 3.05) is 44.9 Å². The van der Waals surface area contributed by atoms with Crippen LogP contribution in [0.2, 0.25) is 0 Å². The fourth-order valence-corrected chi connectivity index (χ4v) is 2.36. The smallest absolute Gasteiger partial charge is 0.122 e. The molecule has 0 saturated carbocycles. The van der Waals surface area contributed by atoms with Gasteiger partial charge in [0.2, 0.25) is 0 Å². The molecule has 1 aromatic rings. The van der Waals surface area contributed by atoms with Gasteiger partial charge in [-0.1, -0.05) is 0 Å². The standard InChI is InChI=1S/C15H24N2O2/c1-4-19-15-6-5-14(9-12(15)2)17(3)10-13-11-18-8-7-16-13/h5-6,9,13,16H,4,7-8,10-11H2,1-3H3. The first kappa shape index (κ1) is 14.2. The van der Waals surface area contributed by atoms with E-state index in [9.17, 15) is 0 Å². The third kappa shape index (κ3) is 3.85. The monoisotopic (exact) mass is 264 g/mol. The van der Waals surface area contributed by atoms with Crippen LogP contribution in [0.1, 0.15) is 12.5 Å². The molecule has 1 atom stereocenters. The molecule has 0 bridgehead atoms. The SMILES string of the molecule is CCOc1ccc(N(C)CC2COCCN2)cc1C. The van der Waals surface area contributed by atoms with E-state index >= 15 is 0 Å². The number of rotatable bonds is 5. The van der Waals surface area contributed by atoms with Crippen LogP contribution in [0.25, 0.3) is 0 Å². The van der Waals surface area contributed by atoms with E-state index < -0.39 is 0 Å². The van der Waals surface area contributed by atoms with E-state index in [1.165, 1.54) is 11.3 Å². The Kier molecular flexibility index (Phi) is 5.05. The van der Waals surface area contributed by atoms with Crippen LogP contribution in [0.3, 0.4) is 0 Å². The van der Waals surface area contributed by atoms with Gasteiger partial charge in [-0.25, -0.2) is 0 Å². The molecule has 1 N–H and O–H groups in total. The van der Waals surface area contributed by atoms with Gasteiger partial charge in [0.25, 0.3) is 0 Å². The molecule has 2 rings (SSSR count). The van der Waals surface area contributed by atoms with Crippen molar-refractivity contribution in [1.82, 2.24) is 5.32 Å². The number of morpholine rings is 1. The van der Waals surface area contributed by atoms with Crippen LogP contribution in [0, 0.1) is 6.92 Å². The first-order chi connectivity index (χ1) is 9.20. The highest BCUT2D eigenvalue weighted by Gasteiger charge is 2.15. The minimum absolute atomic E-state index is 0.408. The minimum atomic E-state index is 0.408. The van der Waals surface area contributed by atoms with Crippen LogP contribution < -0.4 is 15.0 Å². The number of likely N-dealkylation sites (N-methyl/N-ethyl adjacent to an activating group) is 1. The Labute approximate surface area is 115 Å². The van der Waals surface area contributed by atoms with Crippen LogP contribution in [-0.2, 0) is 4.74 Å². The molecule has 19 heavy (non-hydrogen) atoms. The van der Waals surface area contributed by atoms with Gasteiger partial charge in [-0.3, -0.25) is 0 Å². The molecule has 4 nitrogen and oxygen atoms in total. The number of aryl methyl sites for hydroxylation is 1. The van der Waals surface area contributed by atoms with Gasteiger partial charge in [0, 0.05) is 31.9 Å². The Bertz CT molecular complexity index is 403. The highest BCUT2D eigenvalue weighted by Crippen LogP contribution is 2.24. The van der Waals surface area contributed by atoms with Crippen LogP contribution in [0.5, 0.6) is 5.75 Å². The molecule has 106 valence electrons. The number of ether oxygens (including phenoxy) is 2. The summed E-state index contributed by atoms with van der Waals surface area (Å²) in [4.78, 5) is 2.26. The maximum atomic E-state index is 5.57. The van der Waals surface area contributed by atoms with Crippen LogP contribution in [0.15, 0.2) is 18.2 Å². The van der Waals surface area contributed by atoms with Gasteiger partial charge in [0.05, 0.1) is 19.8 Å². The highest BCUT2D eigenvalue weighted by atomic mass is 16.5. The molecule has 1 unspecified atom stereocenters. The molecular weight excluding hydrogens is 240 g/mol.